The molecule has 186 valence electrons. The molecule has 2 fully saturated rings. The molecule has 33 heavy (non-hydrogen) atoms. The highest BCUT2D eigenvalue weighted by Gasteiger charge is 2.36. The van der Waals surface area contributed by atoms with Crippen LogP contribution >= 0.6 is 0 Å². The first-order valence-corrected chi connectivity index (χ1v) is 14.3. The fourth-order valence-electron chi connectivity index (χ4n) is 6.03. The summed E-state index contributed by atoms with van der Waals surface area (Å²) in [6, 6.07) is 0. The number of sulfonamides is 1. The van der Waals surface area contributed by atoms with Crippen LogP contribution in [0.25, 0.3) is 0 Å². The number of hydrogen-bond acceptors (Lipinski definition) is 3. The minimum atomic E-state index is -3.49. The normalized spacial score (nSPS) is 20.3. The fraction of sp³-hybridized carbons (Fsp3) is 0.741. The molecule has 2 saturated heterocycles. The van der Waals surface area contributed by atoms with Crippen molar-refractivity contribution < 1.29 is 13.2 Å². The summed E-state index contributed by atoms with van der Waals surface area (Å²) in [5.74, 6) is 1.60. The van der Waals surface area contributed by atoms with Crippen molar-refractivity contribution in [2.75, 3.05) is 26.2 Å². The highest BCUT2D eigenvalue weighted by atomic mass is 32.2. The molecular formula is C27H44N2O3S. The summed E-state index contributed by atoms with van der Waals surface area (Å²) < 4.78 is 29.0. The monoisotopic (exact) mass is 476 g/mol. The van der Waals surface area contributed by atoms with Crippen LogP contribution in [0.4, 0.5) is 0 Å². The Bertz CT molecular complexity index is 941. The van der Waals surface area contributed by atoms with Crippen molar-refractivity contribution in [2.45, 2.75) is 91.9 Å². The van der Waals surface area contributed by atoms with E-state index in [2.05, 4.69) is 25.7 Å². The van der Waals surface area contributed by atoms with Gasteiger partial charge in [0.05, 0.1) is 4.90 Å². The summed E-state index contributed by atoms with van der Waals surface area (Å²) >= 11 is 0. The highest BCUT2D eigenvalue weighted by molar-refractivity contribution is 7.89. The molecule has 0 radical (unpaired) electrons. The molecular weight excluding hydrogens is 432 g/mol. The first kappa shape index (κ1) is 26.2. The zero-order valence-electron chi connectivity index (χ0n) is 21.8. The van der Waals surface area contributed by atoms with Crippen molar-refractivity contribution in [1.82, 2.24) is 9.21 Å². The van der Waals surface area contributed by atoms with E-state index in [4.69, 9.17) is 0 Å². The average Bonchev–Trinajstić information content (AvgIpc) is 2.81. The molecule has 1 aromatic rings. The Labute approximate surface area is 202 Å². The lowest BCUT2D eigenvalue weighted by atomic mass is 9.79. The van der Waals surface area contributed by atoms with Crippen LogP contribution in [0.2, 0.25) is 0 Å². The van der Waals surface area contributed by atoms with E-state index in [1.807, 2.05) is 27.7 Å². The zero-order chi connectivity index (χ0) is 24.5. The predicted molar refractivity (Wildman–Crippen MR) is 135 cm³/mol. The minimum Gasteiger partial charge on any atom is -0.342 e. The number of carbonyl (C=O) groups is 1. The molecule has 0 spiro atoms. The van der Waals surface area contributed by atoms with Gasteiger partial charge < -0.3 is 4.90 Å². The Balaban J connectivity index is 1.63. The number of benzene rings is 1. The highest BCUT2D eigenvalue weighted by Crippen LogP contribution is 2.37. The van der Waals surface area contributed by atoms with E-state index in [1.54, 1.807) is 4.31 Å². The molecule has 1 aromatic carbocycles. The van der Waals surface area contributed by atoms with Crippen LogP contribution in [0.3, 0.4) is 0 Å². The Morgan fingerprint density at radius 2 is 1.24 bits per heavy atom. The van der Waals surface area contributed by atoms with E-state index in [-0.39, 0.29) is 5.92 Å². The zero-order valence-corrected chi connectivity index (χ0v) is 22.6. The number of hydrogen-bond donors (Lipinski definition) is 0. The van der Waals surface area contributed by atoms with Crippen LogP contribution in [0.1, 0.15) is 80.2 Å². The lowest BCUT2D eigenvalue weighted by Gasteiger charge is -2.40. The molecule has 0 aliphatic carbocycles. The maximum atomic E-state index is 13.6. The van der Waals surface area contributed by atoms with Crippen molar-refractivity contribution in [3.63, 3.8) is 0 Å². The number of piperidine rings is 2. The molecule has 0 bridgehead atoms. The van der Waals surface area contributed by atoms with Gasteiger partial charge in [-0.15, -0.1) is 0 Å². The standard InChI is InChI=1S/C27H44N2O3S/c1-8-9-18(2)27(30)28-14-10-24(11-15-28)25-12-16-29(17-13-25)33(31,32)26-22(6)20(4)19(3)21(5)23(26)7/h18,24-25H,8-17H2,1-7H3. The molecule has 1 atom stereocenters. The second-order valence-electron chi connectivity index (χ2n) is 10.5. The Kier molecular flexibility index (Phi) is 8.32. The molecule has 0 saturated carbocycles. The lowest BCUT2D eigenvalue weighted by molar-refractivity contribution is -0.137. The van der Waals surface area contributed by atoms with E-state index in [0.717, 1.165) is 73.9 Å². The molecule has 1 amide bonds. The molecule has 0 aromatic heterocycles. The van der Waals surface area contributed by atoms with Crippen LogP contribution < -0.4 is 0 Å². The van der Waals surface area contributed by atoms with Gasteiger partial charge in [0.2, 0.25) is 15.9 Å². The van der Waals surface area contributed by atoms with Crippen LogP contribution in [0.15, 0.2) is 4.90 Å². The number of likely N-dealkylation sites (tertiary alicyclic amines) is 1. The molecule has 1 unspecified atom stereocenters. The van der Waals surface area contributed by atoms with Crippen LogP contribution in [0, 0.1) is 52.4 Å². The van der Waals surface area contributed by atoms with Crippen molar-refractivity contribution in [3.05, 3.63) is 27.8 Å². The Hall–Kier alpha value is -1.40. The first-order valence-electron chi connectivity index (χ1n) is 12.9. The van der Waals surface area contributed by atoms with Crippen LogP contribution in [0.5, 0.6) is 0 Å². The van der Waals surface area contributed by atoms with E-state index >= 15 is 0 Å². The van der Waals surface area contributed by atoms with Gasteiger partial charge in [-0.25, -0.2) is 8.42 Å². The SMILES string of the molecule is CCCC(C)C(=O)N1CCC(C2CCN(S(=O)(=O)c3c(C)c(C)c(C)c(C)c3C)CC2)CC1. The van der Waals surface area contributed by atoms with Gasteiger partial charge in [-0.05, 0) is 106 Å². The van der Waals surface area contributed by atoms with Crippen LogP contribution in [-0.2, 0) is 14.8 Å². The summed E-state index contributed by atoms with van der Waals surface area (Å²) in [6.45, 7) is 17.1. The molecule has 3 rings (SSSR count). The van der Waals surface area contributed by atoms with Gasteiger partial charge in [0.1, 0.15) is 0 Å². The van der Waals surface area contributed by atoms with Crippen molar-refractivity contribution in [1.29, 1.82) is 0 Å². The van der Waals surface area contributed by atoms with E-state index < -0.39 is 10.0 Å². The Morgan fingerprint density at radius 1 is 0.818 bits per heavy atom. The van der Waals surface area contributed by atoms with Gasteiger partial charge in [-0.2, -0.15) is 4.31 Å². The number of nitrogens with zero attached hydrogens (tertiary/aromatic N) is 2. The third-order valence-corrected chi connectivity index (χ3v) is 10.9. The molecule has 2 aliphatic heterocycles. The van der Waals surface area contributed by atoms with Gasteiger partial charge in [0.25, 0.3) is 0 Å². The number of carbonyl (C=O) groups excluding carboxylic acids is 1. The summed E-state index contributed by atoms with van der Waals surface area (Å²) in [6.07, 6.45) is 5.96. The quantitative estimate of drug-likeness (QED) is 0.559. The van der Waals surface area contributed by atoms with E-state index in [9.17, 15) is 13.2 Å². The largest absolute Gasteiger partial charge is 0.342 e. The fourth-order valence-corrected chi connectivity index (χ4v) is 8.06. The Morgan fingerprint density at radius 3 is 1.70 bits per heavy atom. The van der Waals surface area contributed by atoms with Gasteiger partial charge in [0, 0.05) is 32.1 Å². The maximum Gasteiger partial charge on any atom is 0.243 e. The second-order valence-corrected chi connectivity index (χ2v) is 12.4. The number of rotatable bonds is 6. The molecule has 2 heterocycles. The predicted octanol–water partition coefficient (Wildman–Crippen LogP) is 5.30. The third-order valence-electron chi connectivity index (χ3n) is 8.69. The van der Waals surface area contributed by atoms with Crippen molar-refractivity contribution in [3.8, 4) is 0 Å². The van der Waals surface area contributed by atoms with Gasteiger partial charge in [-0.3, -0.25) is 4.79 Å². The molecule has 0 N–H and O–H groups in total. The average molecular weight is 477 g/mol. The molecule has 6 heteroatoms. The molecule has 2 aliphatic rings. The second kappa shape index (κ2) is 10.5. The van der Waals surface area contributed by atoms with Gasteiger partial charge >= 0.3 is 0 Å². The molecule has 5 nitrogen and oxygen atoms in total. The summed E-state index contributed by atoms with van der Waals surface area (Å²) in [5, 5.41) is 0. The summed E-state index contributed by atoms with van der Waals surface area (Å²) in [4.78, 5) is 15.2. The lowest BCUT2D eigenvalue weighted by Crippen LogP contribution is -2.45. The number of amides is 1. The summed E-state index contributed by atoms with van der Waals surface area (Å²) in [5.41, 5.74) is 5.15. The van der Waals surface area contributed by atoms with E-state index in [1.165, 1.54) is 5.56 Å². The summed E-state index contributed by atoms with van der Waals surface area (Å²) in [7, 11) is -3.49. The van der Waals surface area contributed by atoms with Gasteiger partial charge in [-0.1, -0.05) is 20.3 Å². The van der Waals surface area contributed by atoms with Gasteiger partial charge in [0.15, 0.2) is 0 Å². The smallest absolute Gasteiger partial charge is 0.243 e. The topological polar surface area (TPSA) is 57.7 Å². The first-order chi connectivity index (χ1) is 15.5. The van der Waals surface area contributed by atoms with Crippen LogP contribution in [-0.4, -0.2) is 49.7 Å². The van der Waals surface area contributed by atoms with E-state index in [0.29, 0.717) is 35.7 Å². The third kappa shape index (κ3) is 5.17. The minimum absolute atomic E-state index is 0.126. The maximum absolute atomic E-state index is 13.6. The van der Waals surface area contributed by atoms with Crippen molar-refractivity contribution >= 4 is 15.9 Å². The van der Waals surface area contributed by atoms with Crippen molar-refractivity contribution in [2.24, 2.45) is 17.8 Å².